The largest absolute Gasteiger partial charge is 0.458 e. The second-order valence-corrected chi connectivity index (χ2v) is 30.8. The summed E-state index contributed by atoms with van der Waals surface area (Å²) in [6, 6.07) is 129. The van der Waals surface area contributed by atoms with Gasteiger partial charge in [-0.2, -0.15) is 0 Å². The first-order chi connectivity index (χ1) is 51.9. The summed E-state index contributed by atoms with van der Waals surface area (Å²) in [6.45, 7) is 13.4. The fourth-order valence-corrected chi connectivity index (χ4v) is 17.6. The summed E-state index contributed by atoms with van der Waals surface area (Å²) in [5.74, 6) is 1.64. The number of benzene rings is 15. The standard InChI is InChI=1S/C98H75B2N5O/c1-97(2,3)67-52-54-76-77-55-53-68(98(4,5)6)57-88(77)103(87(76)56-67)72-60-92-96-94(61-72)106-93-63-89-80(62-81(93)100(96)79-46-26-31-51-86(79)104(92)83-48-28-23-43-74(83)65-34-14-8-15-35-65)99-78-45-25-30-50-85(78)102(70-40-20-11-21-41-70)90-58-71(59-91(95(90)99)105(89)84-49-29-24-44-75(84)66-36-16-9-17-37-66)101(69-38-18-10-19-39-69)82-47-27-22-42-73(82)64-32-12-7-13-33-64/h7-63H,1-6H3. The van der Waals surface area contributed by atoms with Gasteiger partial charge in [-0.3, -0.25) is 0 Å². The van der Waals surface area contributed by atoms with E-state index in [9.17, 15) is 0 Å². The molecular formula is C98H75B2N5O. The molecule has 504 valence electrons. The van der Waals surface area contributed by atoms with Crippen LogP contribution in [0, 0.1) is 0 Å². The smallest absolute Gasteiger partial charge is 0.256 e. The number of nitrogens with zero attached hydrogens (tertiary/aromatic N) is 5. The van der Waals surface area contributed by atoms with Gasteiger partial charge in [0.15, 0.2) is 0 Å². The highest BCUT2D eigenvalue weighted by Crippen LogP contribution is 2.53. The van der Waals surface area contributed by atoms with E-state index < -0.39 is 0 Å². The minimum Gasteiger partial charge on any atom is -0.458 e. The second kappa shape index (κ2) is 24.4. The van der Waals surface area contributed by atoms with Gasteiger partial charge in [0.25, 0.3) is 13.4 Å². The van der Waals surface area contributed by atoms with Crippen LogP contribution in [-0.2, 0) is 10.8 Å². The lowest BCUT2D eigenvalue weighted by Crippen LogP contribution is -2.64. The summed E-state index contributed by atoms with van der Waals surface area (Å²) >= 11 is 0. The summed E-state index contributed by atoms with van der Waals surface area (Å²) in [7, 11) is 0. The zero-order chi connectivity index (χ0) is 71.1. The van der Waals surface area contributed by atoms with Gasteiger partial charge in [-0.25, -0.2) is 0 Å². The first-order valence-corrected chi connectivity index (χ1v) is 37.1. The summed E-state index contributed by atoms with van der Waals surface area (Å²) in [5.41, 5.74) is 32.5. The highest BCUT2D eigenvalue weighted by Gasteiger charge is 2.49. The molecule has 0 bridgehead atoms. The molecule has 4 aliphatic heterocycles. The number of hydrogen-bond donors (Lipinski definition) is 0. The molecule has 0 unspecified atom stereocenters. The SMILES string of the molecule is CC(C)(C)c1ccc2c3ccc(C(C)(C)C)cc3n(-c3cc4c5c(c3)N(c3ccccc3-c3ccccc3)c3ccccc3B5c3cc5c(cc3O4)N(c3ccccc3-c3ccccc3)c3cc(N(c4ccccc4)c4ccccc4-c4ccccc4)cc4c3B5c3ccccc3N4c3ccccc3)c2c1. The quantitative estimate of drug-likeness (QED) is 0.127. The Morgan fingerprint density at radius 2 is 0.717 bits per heavy atom. The number of ether oxygens (including phenoxy) is 1. The Morgan fingerprint density at radius 3 is 1.27 bits per heavy atom. The molecule has 0 saturated carbocycles. The first kappa shape index (κ1) is 63.0. The first-order valence-electron chi connectivity index (χ1n) is 37.1. The molecule has 0 aliphatic carbocycles. The normalized spacial score (nSPS) is 13.2. The zero-order valence-electron chi connectivity index (χ0n) is 60.2. The molecule has 8 heteroatoms. The molecule has 16 aromatic rings. The fraction of sp³-hybridized carbons (Fsp3) is 0.0816. The molecular weight excluding hydrogens is 1280 g/mol. The maximum absolute atomic E-state index is 8.11. The Hall–Kier alpha value is -12.8. The minimum absolute atomic E-state index is 0.107. The zero-order valence-corrected chi connectivity index (χ0v) is 60.2. The number of aromatic nitrogens is 1. The van der Waals surface area contributed by atoms with Crippen molar-refractivity contribution in [3.8, 4) is 50.6 Å². The maximum Gasteiger partial charge on any atom is 0.256 e. The van der Waals surface area contributed by atoms with Crippen molar-refractivity contribution in [2.24, 2.45) is 0 Å². The highest BCUT2D eigenvalue weighted by atomic mass is 16.5. The molecule has 106 heavy (non-hydrogen) atoms. The van der Waals surface area contributed by atoms with Crippen LogP contribution in [0.4, 0.5) is 68.2 Å². The van der Waals surface area contributed by atoms with Crippen molar-refractivity contribution in [2.75, 3.05) is 19.6 Å². The van der Waals surface area contributed by atoms with E-state index in [4.69, 9.17) is 4.74 Å². The Balaban J connectivity index is 0.897. The second-order valence-electron chi connectivity index (χ2n) is 30.8. The van der Waals surface area contributed by atoms with Crippen LogP contribution in [0.1, 0.15) is 52.7 Å². The molecule has 1 aromatic heterocycles. The molecule has 15 aromatic carbocycles. The topological polar surface area (TPSA) is 27.1 Å². The van der Waals surface area contributed by atoms with Crippen molar-refractivity contribution in [1.82, 2.24) is 4.57 Å². The minimum atomic E-state index is -0.250. The molecule has 0 N–H and O–H groups in total. The van der Waals surface area contributed by atoms with E-state index in [0.29, 0.717) is 0 Å². The van der Waals surface area contributed by atoms with Crippen LogP contribution in [0.15, 0.2) is 346 Å². The summed E-state index contributed by atoms with van der Waals surface area (Å²) in [5, 5.41) is 2.43. The molecule has 6 nitrogen and oxygen atoms in total. The van der Waals surface area contributed by atoms with E-state index in [2.05, 4.69) is 411 Å². The van der Waals surface area contributed by atoms with Crippen molar-refractivity contribution in [3.05, 3.63) is 357 Å². The Bertz CT molecular complexity index is 6110. The third-order valence-corrected chi connectivity index (χ3v) is 22.5. The predicted molar refractivity (Wildman–Crippen MR) is 449 cm³/mol. The van der Waals surface area contributed by atoms with Gasteiger partial charge in [0.2, 0.25) is 0 Å². The summed E-state index contributed by atoms with van der Waals surface area (Å²) in [6.07, 6.45) is 0. The Labute approximate surface area is 621 Å². The van der Waals surface area contributed by atoms with Crippen LogP contribution in [0.2, 0.25) is 0 Å². The van der Waals surface area contributed by atoms with E-state index in [0.717, 1.165) is 141 Å². The van der Waals surface area contributed by atoms with Crippen LogP contribution in [0.3, 0.4) is 0 Å². The molecule has 4 aliphatic rings. The van der Waals surface area contributed by atoms with Crippen LogP contribution < -0.4 is 57.1 Å². The average molecular weight is 1360 g/mol. The molecule has 0 saturated heterocycles. The number of para-hydroxylation sites is 7. The van der Waals surface area contributed by atoms with Gasteiger partial charge in [0, 0.05) is 85.1 Å². The van der Waals surface area contributed by atoms with Gasteiger partial charge >= 0.3 is 0 Å². The molecule has 0 spiro atoms. The third-order valence-electron chi connectivity index (χ3n) is 22.5. The van der Waals surface area contributed by atoms with Crippen LogP contribution in [0.5, 0.6) is 11.5 Å². The maximum atomic E-state index is 8.11. The van der Waals surface area contributed by atoms with Crippen molar-refractivity contribution in [2.45, 2.75) is 52.4 Å². The average Bonchev–Trinajstić information content (AvgIpc) is 0.719. The number of rotatable bonds is 10. The van der Waals surface area contributed by atoms with Crippen molar-refractivity contribution in [1.29, 1.82) is 0 Å². The molecule has 0 atom stereocenters. The van der Waals surface area contributed by atoms with Gasteiger partial charge in [0.1, 0.15) is 11.5 Å². The van der Waals surface area contributed by atoms with Gasteiger partial charge in [-0.05, 0) is 156 Å². The number of anilines is 12. The summed E-state index contributed by atoms with van der Waals surface area (Å²) in [4.78, 5) is 10.1. The number of hydrogen-bond acceptors (Lipinski definition) is 5. The monoisotopic (exact) mass is 1360 g/mol. The van der Waals surface area contributed by atoms with Crippen LogP contribution in [0.25, 0.3) is 60.9 Å². The highest BCUT2D eigenvalue weighted by molar-refractivity contribution is 7.02. The van der Waals surface area contributed by atoms with Crippen LogP contribution >= 0.6 is 0 Å². The van der Waals surface area contributed by atoms with Gasteiger partial charge < -0.3 is 28.9 Å². The Kier molecular flexibility index (Phi) is 14.5. The molecule has 0 amide bonds. The van der Waals surface area contributed by atoms with E-state index in [1.165, 1.54) is 43.8 Å². The molecule has 0 radical (unpaired) electrons. The summed E-state index contributed by atoms with van der Waals surface area (Å²) < 4.78 is 10.7. The van der Waals surface area contributed by atoms with Crippen LogP contribution in [-0.4, -0.2) is 18.0 Å². The molecule has 20 rings (SSSR count). The molecule has 5 heterocycles. The van der Waals surface area contributed by atoms with Crippen molar-refractivity contribution in [3.63, 3.8) is 0 Å². The van der Waals surface area contributed by atoms with E-state index in [1.54, 1.807) is 0 Å². The van der Waals surface area contributed by atoms with E-state index in [1.807, 2.05) is 0 Å². The van der Waals surface area contributed by atoms with Gasteiger partial charge in [-0.15, -0.1) is 0 Å². The Morgan fingerprint density at radius 1 is 0.283 bits per heavy atom. The predicted octanol–water partition coefficient (Wildman–Crippen LogP) is 22.3. The fourth-order valence-electron chi connectivity index (χ4n) is 17.6. The van der Waals surface area contributed by atoms with E-state index in [-0.39, 0.29) is 24.3 Å². The third kappa shape index (κ3) is 10.0. The van der Waals surface area contributed by atoms with Gasteiger partial charge in [0.05, 0.1) is 39.5 Å². The lowest BCUT2D eigenvalue weighted by Gasteiger charge is -2.46. The molecule has 0 fully saturated rings. The van der Waals surface area contributed by atoms with Gasteiger partial charge in [-0.1, -0.05) is 290 Å². The van der Waals surface area contributed by atoms with Crippen molar-refractivity contribution >= 4 is 136 Å². The van der Waals surface area contributed by atoms with Crippen molar-refractivity contribution < 1.29 is 4.74 Å². The lowest BCUT2D eigenvalue weighted by atomic mass is 9.30. The van der Waals surface area contributed by atoms with E-state index >= 15 is 0 Å². The number of fused-ring (bicyclic) bond motifs is 11. The lowest BCUT2D eigenvalue weighted by molar-refractivity contribution is 0.487.